The molecule has 0 saturated heterocycles. The number of fused-ring (bicyclic) bond motifs is 1. The average Bonchev–Trinajstić information content (AvgIpc) is 3.18. The molecule has 0 amide bonds. The fourth-order valence-electron chi connectivity index (χ4n) is 3.84. The van der Waals surface area contributed by atoms with Crippen LogP contribution in [0.15, 0.2) is 36.7 Å². The SMILES string of the molecule is CS(=O)(=O)CCOc1cccc2c1cnn2-c1ccnc(NC2CCC(C(=O)O)CC2)n1. The largest absolute Gasteiger partial charge is 0.492 e. The van der Waals surface area contributed by atoms with Gasteiger partial charge in [-0.25, -0.2) is 18.1 Å². The quantitative estimate of drug-likeness (QED) is 0.520. The molecule has 1 aliphatic carbocycles. The van der Waals surface area contributed by atoms with E-state index in [0.717, 1.165) is 23.7 Å². The molecule has 2 heterocycles. The van der Waals surface area contributed by atoms with Crippen molar-refractivity contribution in [3.05, 3.63) is 36.7 Å². The van der Waals surface area contributed by atoms with Crippen molar-refractivity contribution < 1.29 is 23.1 Å². The summed E-state index contributed by atoms with van der Waals surface area (Å²) < 4.78 is 30.1. The minimum absolute atomic E-state index is 0.0627. The Bertz CT molecular complexity index is 1220. The van der Waals surface area contributed by atoms with Gasteiger partial charge in [0, 0.05) is 24.6 Å². The summed E-state index contributed by atoms with van der Waals surface area (Å²) in [7, 11) is -3.11. The zero-order valence-electron chi connectivity index (χ0n) is 17.6. The summed E-state index contributed by atoms with van der Waals surface area (Å²) in [6, 6.07) is 7.35. The number of aromatic nitrogens is 4. The van der Waals surface area contributed by atoms with E-state index < -0.39 is 15.8 Å². The molecule has 0 atom stereocenters. The van der Waals surface area contributed by atoms with E-state index in [1.807, 2.05) is 12.1 Å². The topological polar surface area (TPSA) is 136 Å². The number of aliphatic carboxylic acids is 1. The van der Waals surface area contributed by atoms with Crippen LogP contribution < -0.4 is 10.1 Å². The summed E-state index contributed by atoms with van der Waals surface area (Å²) in [5.74, 6) is 0.527. The number of nitrogens with zero attached hydrogens (tertiary/aromatic N) is 4. The molecule has 1 fully saturated rings. The second-order valence-electron chi connectivity index (χ2n) is 7.99. The Hall–Kier alpha value is -3.21. The molecule has 0 bridgehead atoms. The van der Waals surface area contributed by atoms with E-state index in [4.69, 9.17) is 9.84 Å². The first-order valence-corrected chi connectivity index (χ1v) is 12.5. The molecule has 32 heavy (non-hydrogen) atoms. The Morgan fingerprint density at radius 3 is 2.75 bits per heavy atom. The van der Waals surface area contributed by atoms with E-state index in [2.05, 4.69) is 20.4 Å². The Morgan fingerprint density at radius 1 is 1.25 bits per heavy atom. The molecule has 0 aliphatic heterocycles. The van der Waals surface area contributed by atoms with Gasteiger partial charge in [-0.15, -0.1) is 0 Å². The van der Waals surface area contributed by atoms with Crippen LogP contribution in [0.4, 0.5) is 5.95 Å². The monoisotopic (exact) mass is 459 g/mol. The van der Waals surface area contributed by atoms with Gasteiger partial charge in [0.05, 0.1) is 28.8 Å². The zero-order valence-corrected chi connectivity index (χ0v) is 18.5. The second-order valence-corrected chi connectivity index (χ2v) is 10.3. The maximum absolute atomic E-state index is 11.4. The lowest BCUT2D eigenvalue weighted by atomic mass is 9.86. The summed E-state index contributed by atoms with van der Waals surface area (Å²) in [5, 5.41) is 17.6. The number of anilines is 1. The smallest absolute Gasteiger partial charge is 0.306 e. The predicted octanol–water partition coefficient (Wildman–Crippen LogP) is 2.29. The van der Waals surface area contributed by atoms with E-state index in [-0.39, 0.29) is 24.3 Å². The first-order chi connectivity index (χ1) is 15.3. The molecular weight excluding hydrogens is 434 g/mol. The molecule has 4 rings (SSSR count). The summed E-state index contributed by atoms with van der Waals surface area (Å²) in [4.78, 5) is 20.0. The van der Waals surface area contributed by atoms with Gasteiger partial charge >= 0.3 is 5.97 Å². The van der Waals surface area contributed by atoms with Gasteiger partial charge in [-0.05, 0) is 37.8 Å². The molecular formula is C21H25N5O5S. The van der Waals surface area contributed by atoms with Crippen molar-refractivity contribution >= 4 is 32.7 Å². The number of hydrogen-bond acceptors (Lipinski definition) is 8. The Labute approximate surface area is 185 Å². The van der Waals surface area contributed by atoms with Crippen molar-refractivity contribution in [1.29, 1.82) is 0 Å². The van der Waals surface area contributed by atoms with Gasteiger partial charge in [0.1, 0.15) is 12.4 Å². The molecule has 1 aliphatic rings. The molecule has 3 aromatic rings. The fourth-order valence-corrected chi connectivity index (χ4v) is 4.23. The number of sulfone groups is 1. The van der Waals surface area contributed by atoms with Crippen LogP contribution in [0.2, 0.25) is 0 Å². The van der Waals surface area contributed by atoms with Gasteiger partial charge in [0.25, 0.3) is 0 Å². The zero-order chi connectivity index (χ0) is 22.7. The molecule has 2 aromatic heterocycles. The lowest BCUT2D eigenvalue weighted by Crippen LogP contribution is -2.30. The van der Waals surface area contributed by atoms with Crippen LogP contribution in [0, 0.1) is 5.92 Å². The van der Waals surface area contributed by atoms with Crippen LogP contribution in [-0.4, -0.2) is 63.9 Å². The van der Waals surface area contributed by atoms with Crippen molar-refractivity contribution in [2.75, 3.05) is 23.9 Å². The first kappa shape index (κ1) is 22.0. The van der Waals surface area contributed by atoms with Crippen LogP contribution in [0.1, 0.15) is 25.7 Å². The molecule has 10 nitrogen and oxygen atoms in total. The molecule has 1 saturated carbocycles. The second kappa shape index (κ2) is 9.11. The summed E-state index contributed by atoms with van der Waals surface area (Å²) in [6.07, 6.45) is 7.26. The van der Waals surface area contributed by atoms with Crippen molar-refractivity contribution in [1.82, 2.24) is 19.7 Å². The van der Waals surface area contributed by atoms with Gasteiger partial charge < -0.3 is 15.2 Å². The number of benzene rings is 1. The van der Waals surface area contributed by atoms with Crippen molar-refractivity contribution in [2.24, 2.45) is 5.92 Å². The summed E-state index contributed by atoms with van der Waals surface area (Å²) >= 11 is 0. The molecule has 170 valence electrons. The Morgan fingerprint density at radius 2 is 2.03 bits per heavy atom. The Kier molecular flexibility index (Phi) is 6.26. The highest BCUT2D eigenvalue weighted by atomic mass is 32.2. The third-order valence-corrected chi connectivity index (χ3v) is 6.46. The molecule has 1 aromatic carbocycles. The number of carboxylic acid groups (broad SMARTS) is 1. The van der Waals surface area contributed by atoms with Gasteiger partial charge in [-0.1, -0.05) is 6.07 Å². The highest BCUT2D eigenvalue weighted by Crippen LogP contribution is 2.28. The number of carboxylic acids is 1. The highest BCUT2D eigenvalue weighted by Gasteiger charge is 2.26. The lowest BCUT2D eigenvalue weighted by molar-refractivity contribution is -0.142. The third kappa shape index (κ3) is 5.16. The lowest BCUT2D eigenvalue weighted by Gasteiger charge is -2.26. The van der Waals surface area contributed by atoms with Gasteiger partial charge in [0.15, 0.2) is 15.7 Å². The number of carbonyl (C=O) groups is 1. The molecule has 0 spiro atoms. The van der Waals surface area contributed by atoms with E-state index in [1.54, 1.807) is 29.2 Å². The first-order valence-electron chi connectivity index (χ1n) is 10.4. The normalized spacial score (nSPS) is 19.0. The van der Waals surface area contributed by atoms with Crippen molar-refractivity contribution in [3.8, 4) is 11.6 Å². The number of hydrogen-bond donors (Lipinski definition) is 2. The van der Waals surface area contributed by atoms with Crippen LogP contribution in [0.3, 0.4) is 0 Å². The molecule has 0 radical (unpaired) electrons. The number of nitrogens with one attached hydrogen (secondary N) is 1. The summed E-state index contributed by atoms with van der Waals surface area (Å²) in [6.45, 7) is 0.0643. The van der Waals surface area contributed by atoms with E-state index in [0.29, 0.717) is 30.4 Å². The van der Waals surface area contributed by atoms with E-state index in [9.17, 15) is 13.2 Å². The number of ether oxygens (including phenoxy) is 1. The van der Waals surface area contributed by atoms with Crippen LogP contribution in [-0.2, 0) is 14.6 Å². The molecule has 0 unspecified atom stereocenters. The van der Waals surface area contributed by atoms with Gasteiger partial charge in [-0.3, -0.25) is 4.79 Å². The Balaban J connectivity index is 1.50. The highest BCUT2D eigenvalue weighted by molar-refractivity contribution is 7.90. The maximum atomic E-state index is 11.4. The van der Waals surface area contributed by atoms with Crippen LogP contribution in [0.25, 0.3) is 16.7 Å². The number of rotatable bonds is 8. The van der Waals surface area contributed by atoms with Crippen molar-refractivity contribution in [2.45, 2.75) is 31.7 Å². The van der Waals surface area contributed by atoms with Gasteiger partial charge in [-0.2, -0.15) is 10.1 Å². The van der Waals surface area contributed by atoms with Crippen LogP contribution in [0.5, 0.6) is 5.75 Å². The fraction of sp³-hybridized carbons (Fsp3) is 0.429. The van der Waals surface area contributed by atoms with Crippen LogP contribution >= 0.6 is 0 Å². The van der Waals surface area contributed by atoms with E-state index in [1.165, 1.54) is 6.26 Å². The molecule has 11 heteroatoms. The third-order valence-electron chi connectivity index (χ3n) is 5.55. The summed E-state index contributed by atoms with van der Waals surface area (Å²) in [5.41, 5.74) is 0.772. The predicted molar refractivity (Wildman–Crippen MR) is 119 cm³/mol. The maximum Gasteiger partial charge on any atom is 0.306 e. The van der Waals surface area contributed by atoms with Crippen molar-refractivity contribution in [3.63, 3.8) is 0 Å². The average molecular weight is 460 g/mol. The minimum atomic E-state index is -3.11. The van der Waals surface area contributed by atoms with Gasteiger partial charge in [0.2, 0.25) is 5.95 Å². The van der Waals surface area contributed by atoms with E-state index >= 15 is 0 Å². The minimum Gasteiger partial charge on any atom is -0.492 e. The molecule has 2 N–H and O–H groups in total. The standard InChI is InChI=1S/C21H25N5O5S/c1-32(29,30)12-11-31-18-4-2-3-17-16(18)13-23-26(17)19-9-10-22-21(25-19)24-15-7-5-14(6-8-15)20(27)28/h2-4,9-10,13-15H,5-8,11-12H2,1H3,(H,27,28)(H,22,24,25).